The van der Waals surface area contributed by atoms with Gasteiger partial charge in [0.05, 0.1) is 5.69 Å². The summed E-state index contributed by atoms with van der Waals surface area (Å²) in [7, 11) is 0. The first-order chi connectivity index (χ1) is 10.7. The number of fused-ring (bicyclic) bond motifs is 2. The highest BCUT2D eigenvalue weighted by molar-refractivity contribution is 6.30. The molecule has 1 N–H and O–H groups in total. The average Bonchev–Trinajstić information content (AvgIpc) is 2.93. The highest BCUT2D eigenvalue weighted by Crippen LogP contribution is 2.17. The van der Waals surface area contributed by atoms with Crippen LogP contribution in [-0.2, 0) is 19.3 Å². The molecule has 0 spiro atoms. The van der Waals surface area contributed by atoms with Crippen LogP contribution in [0, 0.1) is 0 Å². The first-order valence-electron chi connectivity index (χ1n) is 7.44. The molecular weight excluding hydrogens is 300 g/mol. The second-order valence-corrected chi connectivity index (χ2v) is 6.09. The van der Waals surface area contributed by atoms with E-state index in [4.69, 9.17) is 11.6 Å². The third-order valence-electron chi connectivity index (χ3n) is 4.10. The molecule has 0 radical (unpaired) electrons. The van der Waals surface area contributed by atoms with Crippen LogP contribution in [0.4, 0.5) is 0 Å². The molecule has 1 aliphatic carbocycles. The molecule has 3 aromatic rings. The minimum atomic E-state index is -0.00504. The lowest BCUT2D eigenvalue weighted by Gasteiger charge is -2.12. The number of aromatic amines is 1. The number of nitrogens with one attached hydrogen (secondary N) is 1. The third kappa shape index (κ3) is 2.31. The lowest BCUT2D eigenvalue weighted by atomic mass is 9.97. The van der Waals surface area contributed by atoms with Crippen LogP contribution in [-0.4, -0.2) is 19.6 Å². The Kier molecular flexibility index (Phi) is 3.22. The van der Waals surface area contributed by atoms with Crippen molar-refractivity contribution in [2.24, 2.45) is 0 Å². The van der Waals surface area contributed by atoms with Gasteiger partial charge >= 0.3 is 0 Å². The van der Waals surface area contributed by atoms with Crippen molar-refractivity contribution in [1.82, 2.24) is 19.6 Å². The molecule has 0 bridgehead atoms. The van der Waals surface area contributed by atoms with Gasteiger partial charge in [-0.1, -0.05) is 23.7 Å². The van der Waals surface area contributed by atoms with E-state index >= 15 is 0 Å². The molecule has 1 aliphatic rings. The zero-order valence-corrected chi connectivity index (χ0v) is 12.7. The normalized spacial score (nSPS) is 14.2. The summed E-state index contributed by atoms with van der Waals surface area (Å²) in [5.74, 6) is 1.20. The molecule has 0 fully saturated rings. The number of nitrogens with zero attached hydrogens (tertiary/aromatic N) is 3. The van der Waals surface area contributed by atoms with E-state index in [9.17, 15) is 4.79 Å². The molecule has 6 heteroatoms. The van der Waals surface area contributed by atoms with Crippen molar-refractivity contribution in [1.29, 1.82) is 0 Å². The maximum Gasteiger partial charge on any atom is 0.277 e. The fourth-order valence-corrected chi connectivity index (χ4v) is 3.09. The summed E-state index contributed by atoms with van der Waals surface area (Å²) in [5, 5.41) is 3.78. The van der Waals surface area contributed by atoms with Crippen molar-refractivity contribution in [3.8, 4) is 0 Å². The lowest BCUT2D eigenvalue weighted by molar-refractivity contribution is 0.650. The second kappa shape index (κ2) is 5.25. The molecule has 0 amide bonds. The van der Waals surface area contributed by atoms with Crippen LogP contribution in [0.15, 0.2) is 29.1 Å². The van der Waals surface area contributed by atoms with Gasteiger partial charge in [-0.05, 0) is 43.4 Å². The highest BCUT2D eigenvalue weighted by Gasteiger charge is 2.18. The first-order valence-corrected chi connectivity index (χ1v) is 7.82. The number of H-pyrrole nitrogens is 1. The molecule has 0 aliphatic heterocycles. The average molecular weight is 315 g/mol. The van der Waals surface area contributed by atoms with Gasteiger partial charge in [0, 0.05) is 17.0 Å². The Morgan fingerprint density at radius 3 is 2.73 bits per heavy atom. The number of hydrogen-bond donors (Lipinski definition) is 1. The quantitative estimate of drug-likeness (QED) is 0.790. The largest absolute Gasteiger partial charge is 0.277 e. The first kappa shape index (κ1) is 13.5. The number of hydrogen-bond acceptors (Lipinski definition) is 3. The van der Waals surface area contributed by atoms with E-state index in [1.165, 1.54) is 4.52 Å². The number of aryl methyl sites for hydroxylation is 1. The van der Waals surface area contributed by atoms with Crippen molar-refractivity contribution in [3.05, 3.63) is 62.3 Å². The summed E-state index contributed by atoms with van der Waals surface area (Å²) in [5.41, 5.74) is 2.84. The number of rotatable bonds is 2. The van der Waals surface area contributed by atoms with Gasteiger partial charge < -0.3 is 0 Å². The summed E-state index contributed by atoms with van der Waals surface area (Å²) in [6.07, 6.45) is 4.46. The Morgan fingerprint density at radius 1 is 1.14 bits per heavy atom. The molecule has 0 unspecified atom stereocenters. The smallest absolute Gasteiger partial charge is 0.275 e. The van der Waals surface area contributed by atoms with Gasteiger partial charge in [0.2, 0.25) is 0 Å². The molecule has 112 valence electrons. The molecule has 0 saturated heterocycles. The molecule has 2 aromatic heterocycles. The molecule has 0 atom stereocenters. The Hall–Kier alpha value is -2.14. The van der Waals surface area contributed by atoms with E-state index in [-0.39, 0.29) is 5.56 Å². The molecule has 1 aromatic carbocycles. The van der Waals surface area contributed by atoms with Crippen molar-refractivity contribution in [2.45, 2.75) is 32.1 Å². The molecule has 0 saturated carbocycles. The van der Waals surface area contributed by atoms with Gasteiger partial charge in [-0.3, -0.25) is 9.89 Å². The minimum Gasteiger partial charge on any atom is -0.275 e. The van der Waals surface area contributed by atoms with E-state index < -0.39 is 0 Å². The summed E-state index contributed by atoms with van der Waals surface area (Å²) >= 11 is 5.89. The number of halogens is 1. The predicted octanol–water partition coefficient (Wildman–Crippen LogP) is 2.54. The van der Waals surface area contributed by atoms with Crippen LogP contribution >= 0.6 is 11.6 Å². The van der Waals surface area contributed by atoms with E-state index in [2.05, 4.69) is 15.1 Å². The summed E-state index contributed by atoms with van der Waals surface area (Å²) < 4.78 is 1.47. The second-order valence-electron chi connectivity index (χ2n) is 5.66. The van der Waals surface area contributed by atoms with Gasteiger partial charge in [0.15, 0.2) is 0 Å². The number of aromatic nitrogens is 4. The standard InChI is InChI=1S/C16H15ClN4O/c17-11-7-5-10(6-8-11)9-14-19-16-18-13-4-2-1-3-12(13)15(22)21(16)20-14/h5-8H,1-4,9H2,(H,18,19,20). The maximum absolute atomic E-state index is 12.5. The molecule has 22 heavy (non-hydrogen) atoms. The van der Waals surface area contributed by atoms with Crippen LogP contribution in [0.3, 0.4) is 0 Å². The van der Waals surface area contributed by atoms with Crippen molar-refractivity contribution < 1.29 is 0 Å². The summed E-state index contributed by atoms with van der Waals surface area (Å²) in [6.45, 7) is 0. The van der Waals surface area contributed by atoms with Crippen LogP contribution < -0.4 is 5.56 Å². The molecule has 5 nitrogen and oxygen atoms in total. The minimum absolute atomic E-state index is 0.00504. The van der Waals surface area contributed by atoms with Crippen molar-refractivity contribution >= 4 is 17.4 Å². The Morgan fingerprint density at radius 2 is 1.91 bits per heavy atom. The van der Waals surface area contributed by atoms with E-state index in [1.54, 1.807) is 0 Å². The van der Waals surface area contributed by atoms with Crippen LogP contribution in [0.25, 0.3) is 5.78 Å². The number of benzene rings is 1. The van der Waals surface area contributed by atoms with Gasteiger partial charge in [-0.25, -0.2) is 4.98 Å². The summed E-state index contributed by atoms with van der Waals surface area (Å²) in [4.78, 5) is 21.5. The fraction of sp³-hybridized carbons (Fsp3) is 0.312. The SMILES string of the molecule is O=c1c2c(nc3nc(Cc4ccc(Cl)cc4)[nH]n13)CCCC2. The van der Waals surface area contributed by atoms with Crippen LogP contribution in [0.1, 0.15) is 35.5 Å². The molecule has 2 heterocycles. The van der Waals surface area contributed by atoms with E-state index in [1.807, 2.05) is 24.3 Å². The molecule has 4 rings (SSSR count). The predicted molar refractivity (Wildman–Crippen MR) is 84.5 cm³/mol. The van der Waals surface area contributed by atoms with E-state index in [0.29, 0.717) is 17.2 Å². The van der Waals surface area contributed by atoms with Crippen LogP contribution in [0.5, 0.6) is 0 Å². The fourth-order valence-electron chi connectivity index (χ4n) is 2.96. The topological polar surface area (TPSA) is 63.0 Å². The molecular formula is C16H15ClN4O. The van der Waals surface area contributed by atoms with E-state index in [0.717, 1.165) is 48.3 Å². The van der Waals surface area contributed by atoms with Gasteiger partial charge in [-0.15, -0.1) is 0 Å². The highest BCUT2D eigenvalue weighted by atomic mass is 35.5. The Bertz CT molecular complexity index is 895. The van der Waals surface area contributed by atoms with Crippen molar-refractivity contribution in [3.63, 3.8) is 0 Å². The Labute approximate surface area is 132 Å². The third-order valence-corrected chi connectivity index (χ3v) is 4.35. The monoisotopic (exact) mass is 314 g/mol. The summed E-state index contributed by atoms with van der Waals surface area (Å²) in [6, 6.07) is 7.61. The van der Waals surface area contributed by atoms with Crippen molar-refractivity contribution in [2.75, 3.05) is 0 Å². The van der Waals surface area contributed by atoms with Gasteiger partial charge in [0.25, 0.3) is 11.3 Å². The lowest BCUT2D eigenvalue weighted by Crippen LogP contribution is -2.25. The zero-order chi connectivity index (χ0) is 15.1. The van der Waals surface area contributed by atoms with Gasteiger partial charge in [-0.2, -0.15) is 9.50 Å². The maximum atomic E-state index is 12.5. The zero-order valence-electron chi connectivity index (χ0n) is 12.0. The van der Waals surface area contributed by atoms with Crippen LogP contribution in [0.2, 0.25) is 5.02 Å². The Balaban J connectivity index is 1.75. The van der Waals surface area contributed by atoms with Gasteiger partial charge in [0.1, 0.15) is 5.82 Å².